The Morgan fingerprint density at radius 2 is 1.89 bits per heavy atom. The topological polar surface area (TPSA) is 69.3 Å². The van der Waals surface area contributed by atoms with Crippen molar-refractivity contribution in [3.8, 4) is 6.07 Å². The molecule has 0 radical (unpaired) electrons. The molecule has 0 aromatic carbocycles. The maximum Gasteiger partial charge on any atom is 0.270 e. The first-order valence-corrected chi connectivity index (χ1v) is 10.3. The van der Waals surface area contributed by atoms with E-state index < -0.39 is 0 Å². The summed E-state index contributed by atoms with van der Waals surface area (Å²) in [5.74, 6) is 0.685. The van der Waals surface area contributed by atoms with Crippen LogP contribution in [0, 0.1) is 18.3 Å². The van der Waals surface area contributed by atoms with Crippen LogP contribution in [0.15, 0.2) is 9.70 Å². The number of carbonyl (C=O) groups is 1. The fourth-order valence-corrected chi connectivity index (χ4v) is 4.98. The zero-order chi connectivity index (χ0) is 19.7. The van der Waals surface area contributed by atoms with Crippen LogP contribution in [0.25, 0.3) is 6.08 Å². The van der Waals surface area contributed by atoms with Gasteiger partial charge in [-0.05, 0) is 45.3 Å². The molecule has 2 saturated heterocycles. The van der Waals surface area contributed by atoms with Gasteiger partial charge in [0, 0.05) is 31.7 Å². The van der Waals surface area contributed by atoms with E-state index in [0.29, 0.717) is 27.9 Å². The Kier molecular flexibility index (Phi) is 5.72. The standard InChI is InChI=1S/C19H22N4O2S2/c1-4-22-16(21-8-6-7-9-21)13(12(3)14(11-20)17(22)24)10-15-18(25)23(5-2)19(26)27-15/h10H,4-9H2,1-3H3. The van der Waals surface area contributed by atoms with E-state index in [9.17, 15) is 14.9 Å². The molecule has 1 aromatic heterocycles. The molecular formula is C19H22N4O2S2. The summed E-state index contributed by atoms with van der Waals surface area (Å²) in [6, 6.07) is 2.05. The van der Waals surface area contributed by atoms with Crippen molar-refractivity contribution in [2.45, 2.75) is 40.2 Å². The lowest BCUT2D eigenvalue weighted by Gasteiger charge is -2.26. The van der Waals surface area contributed by atoms with Crippen LogP contribution in [-0.4, -0.2) is 39.3 Å². The fraction of sp³-hybridized carbons (Fsp3) is 0.474. The Morgan fingerprint density at radius 3 is 2.41 bits per heavy atom. The molecule has 6 nitrogen and oxygen atoms in total. The summed E-state index contributed by atoms with van der Waals surface area (Å²) in [6.07, 6.45) is 3.94. The lowest BCUT2D eigenvalue weighted by atomic mass is 10.0. The van der Waals surface area contributed by atoms with Gasteiger partial charge in [-0.1, -0.05) is 24.0 Å². The minimum Gasteiger partial charge on any atom is -0.357 e. The number of carbonyl (C=O) groups excluding carboxylic acids is 1. The predicted octanol–water partition coefficient (Wildman–Crippen LogP) is 2.87. The van der Waals surface area contributed by atoms with Gasteiger partial charge in [-0.25, -0.2) is 0 Å². The molecule has 1 aromatic rings. The lowest BCUT2D eigenvalue weighted by Crippen LogP contribution is -2.32. The molecule has 0 atom stereocenters. The van der Waals surface area contributed by atoms with Gasteiger partial charge in [-0.15, -0.1) is 0 Å². The van der Waals surface area contributed by atoms with E-state index in [1.807, 2.05) is 19.9 Å². The normalized spacial score (nSPS) is 18.7. The first kappa shape index (κ1) is 19.6. The van der Waals surface area contributed by atoms with Gasteiger partial charge < -0.3 is 4.90 Å². The molecule has 2 fully saturated rings. The van der Waals surface area contributed by atoms with Gasteiger partial charge in [0.2, 0.25) is 0 Å². The first-order chi connectivity index (χ1) is 12.9. The van der Waals surface area contributed by atoms with E-state index >= 15 is 0 Å². The number of rotatable bonds is 4. The lowest BCUT2D eigenvalue weighted by molar-refractivity contribution is -0.121. The number of anilines is 1. The van der Waals surface area contributed by atoms with Crippen molar-refractivity contribution in [3.05, 3.63) is 31.9 Å². The van der Waals surface area contributed by atoms with Gasteiger partial charge in [0.05, 0.1) is 4.91 Å². The molecule has 0 spiro atoms. The molecule has 3 heterocycles. The zero-order valence-corrected chi connectivity index (χ0v) is 17.4. The number of aromatic nitrogens is 1. The van der Waals surface area contributed by atoms with E-state index in [1.165, 1.54) is 11.8 Å². The molecule has 0 unspecified atom stereocenters. The van der Waals surface area contributed by atoms with E-state index in [1.54, 1.807) is 16.4 Å². The molecule has 27 heavy (non-hydrogen) atoms. The fourth-order valence-electron chi connectivity index (χ4n) is 3.61. The van der Waals surface area contributed by atoms with Crippen LogP contribution in [0.5, 0.6) is 0 Å². The van der Waals surface area contributed by atoms with E-state index in [4.69, 9.17) is 12.2 Å². The average molecular weight is 403 g/mol. The summed E-state index contributed by atoms with van der Waals surface area (Å²) >= 11 is 6.58. The van der Waals surface area contributed by atoms with Crippen LogP contribution in [0.2, 0.25) is 0 Å². The number of hydrogen-bond donors (Lipinski definition) is 0. The van der Waals surface area contributed by atoms with Crippen molar-refractivity contribution in [1.82, 2.24) is 9.47 Å². The molecule has 142 valence electrons. The largest absolute Gasteiger partial charge is 0.357 e. The molecule has 0 bridgehead atoms. The van der Waals surface area contributed by atoms with E-state index in [0.717, 1.165) is 37.3 Å². The summed E-state index contributed by atoms with van der Waals surface area (Å²) in [7, 11) is 0. The van der Waals surface area contributed by atoms with Gasteiger partial charge in [0.25, 0.3) is 11.5 Å². The molecule has 1 amide bonds. The molecule has 2 aliphatic heterocycles. The van der Waals surface area contributed by atoms with Crippen LogP contribution in [-0.2, 0) is 11.3 Å². The highest BCUT2D eigenvalue weighted by atomic mass is 32.2. The number of pyridine rings is 1. The summed E-state index contributed by atoms with van der Waals surface area (Å²) in [6.45, 7) is 8.29. The van der Waals surface area contributed by atoms with Gasteiger partial charge in [0.1, 0.15) is 21.8 Å². The molecular weight excluding hydrogens is 380 g/mol. The van der Waals surface area contributed by atoms with Crippen molar-refractivity contribution in [2.75, 3.05) is 24.5 Å². The van der Waals surface area contributed by atoms with Crippen LogP contribution in [0.4, 0.5) is 5.82 Å². The van der Waals surface area contributed by atoms with Gasteiger partial charge in [0.15, 0.2) is 0 Å². The van der Waals surface area contributed by atoms with E-state index in [-0.39, 0.29) is 17.0 Å². The van der Waals surface area contributed by atoms with E-state index in [2.05, 4.69) is 11.0 Å². The van der Waals surface area contributed by atoms with Crippen molar-refractivity contribution < 1.29 is 4.79 Å². The third-order valence-electron chi connectivity index (χ3n) is 5.03. The number of hydrogen-bond acceptors (Lipinski definition) is 6. The number of nitriles is 1. The predicted molar refractivity (Wildman–Crippen MR) is 113 cm³/mol. The quantitative estimate of drug-likeness (QED) is 0.570. The van der Waals surface area contributed by atoms with Crippen LogP contribution >= 0.6 is 24.0 Å². The minimum atomic E-state index is -0.266. The number of amides is 1. The summed E-state index contributed by atoms with van der Waals surface area (Å²) < 4.78 is 2.20. The Labute approximate surface area is 168 Å². The average Bonchev–Trinajstić information content (AvgIpc) is 3.26. The maximum atomic E-state index is 12.8. The Balaban J connectivity index is 2.27. The maximum absolute atomic E-state index is 12.8. The molecule has 0 aliphatic carbocycles. The SMILES string of the molecule is CCN1C(=O)C(=Cc2c(C)c(C#N)c(=O)n(CC)c2N2CCCC2)SC1=S. The number of thiocarbonyl (C=S) groups is 1. The van der Waals surface area contributed by atoms with Crippen LogP contribution in [0.1, 0.15) is 43.4 Å². The summed E-state index contributed by atoms with van der Waals surface area (Å²) in [5.41, 5.74) is 1.26. The second kappa shape index (κ2) is 7.87. The van der Waals surface area contributed by atoms with Crippen molar-refractivity contribution >= 4 is 46.1 Å². The number of nitrogens with zero attached hydrogens (tertiary/aromatic N) is 4. The zero-order valence-electron chi connectivity index (χ0n) is 15.7. The van der Waals surface area contributed by atoms with Crippen LogP contribution < -0.4 is 10.5 Å². The molecule has 3 rings (SSSR count). The molecule has 8 heteroatoms. The summed E-state index contributed by atoms with van der Waals surface area (Å²) in [4.78, 5) is 29.8. The highest BCUT2D eigenvalue weighted by molar-refractivity contribution is 8.26. The van der Waals surface area contributed by atoms with Gasteiger partial charge >= 0.3 is 0 Å². The minimum absolute atomic E-state index is 0.118. The van der Waals surface area contributed by atoms with Crippen LogP contribution in [0.3, 0.4) is 0 Å². The third kappa shape index (κ3) is 3.30. The molecule has 0 N–H and O–H groups in total. The van der Waals surface area contributed by atoms with Crippen molar-refractivity contribution in [2.24, 2.45) is 0 Å². The smallest absolute Gasteiger partial charge is 0.270 e. The molecule has 2 aliphatic rings. The Morgan fingerprint density at radius 1 is 1.22 bits per heavy atom. The first-order valence-electron chi connectivity index (χ1n) is 9.12. The summed E-state index contributed by atoms with van der Waals surface area (Å²) in [5, 5.41) is 9.54. The monoisotopic (exact) mass is 402 g/mol. The third-order valence-corrected chi connectivity index (χ3v) is 6.41. The highest BCUT2D eigenvalue weighted by Crippen LogP contribution is 2.36. The number of likely N-dealkylation sites (N-methyl/N-ethyl adjacent to an activating group) is 1. The highest BCUT2D eigenvalue weighted by Gasteiger charge is 2.32. The number of thioether (sulfide) groups is 1. The Hall–Kier alpha value is -2.11. The second-order valence-corrected chi connectivity index (χ2v) is 8.19. The van der Waals surface area contributed by atoms with Gasteiger partial charge in [-0.3, -0.25) is 19.1 Å². The van der Waals surface area contributed by atoms with Crippen molar-refractivity contribution in [3.63, 3.8) is 0 Å². The van der Waals surface area contributed by atoms with Gasteiger partial charge in [-0.2, -0.15) is 5.26 Å². The Bertz CT molecular complexity index is 936. The molecule has 0 saturated carbocycles. The van der Waals surface area contributed by atoms with Crippen molar-refractivity contribution in [1.29, 1.82) is 5.26 Å². The second-order valence-electron chi connectivity index (χ2n) is 6.52.